The van der Waals surface area contributed by atoms with E-state index in [9.17, 15) is 8.42 Å². The number of benzene rings is 1. The van der Waals surface area contributed by atoms with Crippen molar-refractivity contribution in [3.63, 3.8) is 0 Å². The Morgan fingerprint density at radius 1 is 1.25 bits per heavy atom. The predicted octanol–water partition coefficient (Wildman–Crippen LogP) is 0.176. The maximum absolute atomic E-state index is 12.7. The number of sulfonamides is 1. The zero-order chi connectivity index (χ0) is 14.6. The van der Waals surface area contributed by atoms with Crippen LogP contribution in [0.1, 0.15) is 18.4 Å². The number of nitrogens with zero attached hydrogens (tertiary/aromatic N) is 1. The maximum Gasteiger partial charge on any atom is 0.244 e. The van der Waals surface area contributed by atoms with Crippen LogP contribution >= 0.6 is 0 Å². The zero-order valence-electron chi connectivity index (χ0n) is 11.0. The first-order valence-corrected chi connectivity index (χ1v) is 7.86. The van der Waals surface area contributed by atoms with Gasteiger partial charge in [-0.2, -0.15) is 4.31 Å². The molecule has 108 valence electrons. The van der Waals surface area contributed by atoms with Crippen LogP contribution in [-0.2, 0) is 10.0 Å². The van der Waals surface area contributed by atoms with Gasteiger partial charge in [0.1, 0.15) is 6.61 Å². The molecule has 0 saturated heterocycles. The Labute approximate surface area is 118 Å². The summed E-state index contributed by atoms with van der Waals surface area (Å²) < 4.78 is 26.7. The summed E-state index contributed by atoms with van der Waals surface area (Å²) >= 11 is 0. The Hall–Kier alpha value is -1.39. The van der Waals surface area contributed by atoms with Crippen LogP contribution in [0.25, 0.3) is 0 Å². The molecule has 5 nitrogen and oxygen atoms in total. The van der Waals surface area contributed by atoms with Gasteiger partial charge in [0.2, 0.25) is 10.0 Å². The highest BCUT2D eigenvalue weighted by Crippen LogP contribution is 2.32. The van der Waals surface area contributed by atoms with Gasteiger partial charge >= 0.3 is 0 Å². The van der Waals surface area contributed by atoms with Gasteiger partial charge in [0.05, 0.1) is 11.5 Å². The lowest BCUT2D eigenvalue weighted by atomic mass is 10.2. The Morgan fingerprint density at radius 2 is 1.95 bits per heavy atom. The van der Waals surface area contributed by atoms with Gasteiger partial charge in [-0.15, -0.1) is 0 Å². The maximum atomic E-state index is 12.7. The molecule has 1 aliphatic rings. The zero-order valence-corrected chi connectivity index (χ0v) is 11.8. The monoisotopic (exact) mass is 295 g/mol. The van der Waals surface area contributed by atoms with Crippen LogP contribution in [0.2, 0.25) is 0 Å². The van der Waals surface area contributed by atoms with Gasteiger partial charge in [-0.1, -0.05) is 24.0 Å². The first kappa shape index (κ1) is 15.0. The Balaban J connectivity index is 2.42. The highest BCUT2D eigenvalue weighted by atomic mass is 32.2. The lowest BCUT2D eigenvalue weighted by Gasteiger charge is -2.21. The second kappa shape index (κ2) is 6.37. The average Bonchev–Trinajstić information content (AvgIpc) is 3.27. The van der Waals surface area contributed by atoms with E-state index >= 15 is 0 Å². The lowest BCUT2D eigenvalue weighted by molar-refractivity contribution is 0.250. The lowest BCUT2D eigenvalue weighted by Crippen LogP contribution is -2.35. The summed E-state index contributed by atoms with van der Waals surface area (Å²) in [6, 6.07) is 6.43. The smallest absolute Gasteiger partial charge is 0.244 e. The number of aliphatic hydroxyl groups is 2. The van der Waals surface area contributed by atoms with Crippen molar-refractivity contribution < 1.29 is 18.6 Å². The molecule has 0 aromatic heterocycles. The van der Waals surface area contributed by atoms with E-state index < -0.39 is 10.0 Å². The summed E-state index contributed by atoms with van der Waals surface area (Å²) in [7, 11) is -3.67. The van der Waals surface area contributed by atoms with Crippen molar-refractivity contribution in [1.82, 2.24) is 4.31 Å². The van der Waals surface area contributed by atoms with E-state index in [0.29, 0.717) is 5.56 Å². The van der Waals surface area contributed by atoms with Crippen LogP contribution in [0, 0.1) is 11.8 Å². The molecule has 1 saturated carbocycles. The summed E-state index contributed by atoms with van der Waals surface area (Å²) in [6.07, 6.45) is 1.65. The fourth-order valence-electron chi connectivity index (χ4n) is 2.02. The second-order valence-electron chi connectivity index (χ2n) is 4.53. The van der Waals surface area contributed by atoms with Crippen LogP contribution < -0.4 is 0 Å². The minimum Gasteiger partial charge on any atom is -0.395 e. The molecule has 1 fully saturated rings. The van der Waals surface area contributed by atoms with Crippen molar-refractivity contribution >= 4 is 10.0 Å². The van der Waals surface area contributed by atoms with E-state index in [4.69, 9.17) is 10.2 Å². The second-order valence-corrected chi connectivity index (χ2v) is 6.39. The molecule has 0 atom stereocenters. The van der Waals surface area contributed by atoms with Gasteiger partial charge in [-0.05, 0) is 25.0 Å². The topological polar surface area (TPSA) is 77.8 Å². The molecule has 1 aliphatic carbocycles. The van der Waals surface area contributed by atoms with Crippen molar-refractivity contribution in [2.45, 2.75) is 23.8 Å². The standard InChI is InChI=1S/C14H17NO4S/c16-10-3-5-12-4-1-2-6-14(12)20(18,19)15(9-11-17)13-7-8-13/h1-2,4,6,13,16-17H,7-11H2. The summed E-state index contributed by atoms with van der Waals surface area (Å²) in [5.41, 5.74) is 0.366. The van der Waals surface area contributed by atoms with Gasteiger partial charge in [0.15, 0.2) is 0 Å². The van der Waals surface area contributed by atoms with Crippen LogP contribution in [0.4, 0.5) is 0 Å². The third-order valence-corrected chi connectivity index (χ3v) is 5.06. The van der Waals surface area contributed by atoms with Gasteiger partial charge in [0, 0.05) is 18.2 Å². The number of hydrogen-bond acceptors (Lipinski definition) is 4. The van der Waals surface area contributed by atoms with E-state index in [-0.39, 0.29) is 30.7 Å². The van der Waals surface area contributed by atoms with Gasteiger partial charge in [-0.25, -0.2) is 8.42 Å². The average molecular weight is 295 g/mol. The Kier molecular flexibility index (Phi) is 4.78. The summed E-state index contributed by atoms with van der Waals surface area (Å²) in [5.74, 6) is 5.12. The van der Waals surface area contributed by atoms with Crippen molar-refractivity contribution in [2.24, 2.45) is 0 Å². The molecule has 6 heteroatoms. The predicted molar refractivity (Wildman–Crippen MR) is 74.4 cm³/mol. The molecule has 0 unspecified atom stereocenters. The molecule has 2 rings (SSSR count). The molecule has 20 heavy (non-hydrogen) atoms. The van der Waals surface area contributed by atoms with E-state index in [1.165, 1.54) is 10.4 Å². The van der Waals surface area contributed by atoms with Crippen LogP contribution in [0.5, 0.6) is 0 Å². The summed E-state index contributed by atoms with van der Waals surface area (Å²) in [5, 5.41) is 17.8. The van der Waals surface area contributed by atoms with E-state index in [0.717, 1.165) is 12.8 Å². The van der Waals surface area contributed by atoms with Crippen molar-refractivity contribution in [2.75, 3.05) is 19.8 Å². The van der Waals surface area contributed by atoms with Crippen molar-refractivity contribution in [1.29, 1.82) is 0 Å². The molecule has 2 N–H and O–H groups in total. The van der Waals surface area contributed by atoms with Crippen molar-refractivity contribution in [3.8, 4) is 11.8 Å². The quantitative estimate of drug-likeness (QED) is 0.760. The first-order valence-electron chi connectivity index (χ1n) is 6.42. The van der Waals surface area contributed by atoms with Gasteiger partial charge < -0.3 is 10.2 Å². The molecule has 0 bridgehead atoms. The molecule has 1 aromatic carbocycles. The van der Waals surface area contributed by atoms with Crippen molar-refractivity contribution in [3.05, 3.63) is 29.8 Å². The molecule has 0 amide bonds. The molecule has 0 spiro atoms. The van der Waals surface area contributed by atoms with E-state index in [1.54, 1.807) is 18.2 Å². The van der Waals surface area contributed by atoms with Crippen LogP contribution in [-0.4, -0.2) is 48.7 Å². The fraction of sp³-hybridized carbons (Fsp3) is 0.429. The number of hydrogen-bond donors (Lipinski definition) is 2. The Morgan fingerprint density at radius 3 is 2.55 bits per heavy atom. The number of aliphatic hydroxyl groups excluding tert-OH is 2. The molecular formula is C14H17NO4S. The normalized spacial score (nSPS) is 14.9. The summed E-state index contributed by atoms with van der Waals surface area (Å²) in [6.45, 7) is -0.438. The third-order valence-electron chi connectivity index (χ3n) is 3.05. The van der Waals surface area contributed by atoms with Crippen LogP contribution in [0.3, 0.4) is 0 Å². The Bertz CT molecular complexity index is 626. The minimum atomic E-state index is -3.67. The highest BCUT2D eigenvalue weighted by molar-refractivity contribution is 7.89. The van der Waals surface area contributed by atoms with E-state index in [2.05, 4.69) is 11.8 Å². The van der Waals surface area contributed by atoms with Gasteiger partial charge in [-0.3, -0.25) is 0 Å². The SMILES string of the molecule is O=S(=O)(c1ccccc1C#CCO)N(CCO)C1CC1. The molecular weight excluding hydrogens is 278 g/mol. The van der Waals surface area contributed by atoms with E-state index in [1.807, 2.05) is 0 Å². The fourth-order valence-corrected chi connectivity index (χ4v) is 3.84. The molecule has 1 aromatic rings. The van der Waals surface area contributed by atoms with Gasteiger partial charge in [0.25, 0.3) is 0 Å². The number of rotatable bonds is 5. The highest BCUT2D eigenvalue weighted by Gasteiger charge is 2.38. The summed E-state index contributed by atoms with van der Waals surface area (Å²) in [4.78, 5) is 0.126. The van der Waals surface area contributed by atoms with Crippen LogP contribution in [0.15, 0.2) is 29.2 Å². The third kappa shape index (κ3) is 3.19. The minimum absolute atomic E-state index is 0.0222. The molecule has 0 radical (unpaired) electrons. The first-order chi connectivity index (χ1) is 9.61. The molecule has 0 aliphatic heterocycles. The largest absolute Gasteiger partial charge is 0.395 e. The molecule has 0 heterocycles.